The molecule has 0 fully saturated rings. The zero-order valence-electron chi connectivity index (χ0n) is 5.84. The smallest absolute Gasteiger partial charge is 0.248 e. The fraction of sp³-hybridized carbons (Fsp3) is 0.750. The van der Waals surface area contributed by atoms with E-state index in [0.717, 1.165) is 0 Å². The second-order valence-electron chi connectivity index (χ2n) is 1.86. The molecule has 0 unspecified atom stereocenters. The van der Waals surface area contributed by atoms with E-state index < -0.39 is 24.2 Å². The molecule has 0 aromatic heterocycles. The minimum Gasteiger partial charge on any atom is -0.248 e. The summed E-state index contributed by atoms with van der Waals surface area (Å²) in [4.78, 5) is 11.4. The number of carbonyl (C=O) groups is 1. The SMILES string of the molecule is O=C(OF)C(F)(F)C(F)(F)C(F)F.[Ag]. The third kappa shape index (κ3) is 2.61. The molecule has 0 heterocycles. The van der Waals surface area contributed by atoms with Crippen molar-refractivity contribution in [2.24, 2.45) is 0 Å². The van der Waals surface area contributed by atoms with Crippen LogP contribution in [0.5, 0.6) is 0 Å². The summed E-state index contributed by atoms with van der Waals surface area (Å²) in [5.41, 5.74) is 0. The monoisotopic (exact) mass is 321 g/mol. The molecule has 0 aliphatic heterocycles. The van der Waals surface area contributed by atoms with Gasteiger partial charge in [-0.1, -0.05) is 0 Å². The molecule has 89 valence electrons. The van der Waals surface area contributed by atoms with Crippen molar-refractivity contribution < 1.29 is 63.0 Å². The van der Waals surface area contributed by atoms with Crippen molar-refractivity contribution in [1.82, 2.24) is 0 Å². The largest absolute Gasteiger partial charge is 0.424 e. The Balaban J connectivity index is 0. The molecule has 0 spiro atoms. The first-order valence-electron chi connectivity index (χ1n) is 2.54. The second kappa shape index (κ2) is 4.99. The van der Waals surface area contributed by atoms with Gasteiger partial charge >= 0.3 is 24.2 Å². The topological polar surface area (TPSA) is 26.3 Å². The Morgan fingerprint density at radius 3 is 1.71 bits per heavy atom. The van der Waals surface area contributed by atoms with E-state index in [0.29, 0.717) is 0 Å². The third-order valence-corrected chi connectivity index (χ3v) is 1.02. The zero-order valence-corrected chi connectivity index (χ0v) is 7.32. The van der Waals surface area contributed by atoms with E-state index in [1.54, 1.807) is 4.94 Å². The van der Waals surface area contributed by atoms with Gasteiger partial charge in [0.05, 0.1) is 0 Å². The molecule has 10 heteroatoms. The van der Waals surface area contributed by atoms with E-state index >= 15 is 0 Å². The van der Waals surface area contributed by atoms with Gasteiger partial charge in [0.1, 0.15) is 0 Å². The van der Waals surface area contributed by atoms with Gasteiger partial charge in [0.25, 0.3) is 0 Å². The van der Waals surface area contributed by atoms with Gasteiger partial charge in [-0.25, -0.2) is 18.5 Å². The van der Waals surface area contributed by atoms with Gasteiger partial charge in [0.2, 0.25) is 0 Å². The summed E-state index contributed by atoms with van der Waals surface area (Å²) in [6, 6.07) is 0. The fourth-order valence-corrected chi connectivity index (χ4v) is 0.322. The molecular formula is C4HAgF7O2. The average molecular weight is 322 g/mol. The predicted molar refractivity (Wildman–Crippen MR) is 23.1 cm³/mol. The summed E-state index contributed by atoms with van der Waals surface area (Å²) >= 11 is 0. The first-order valence-corrected chi connectivity index (χ1v) is 2.54. The Morgan fingerprint density at radius 1 is 1.14 bits per heavy atom. The van der Waals surface area contributed by atoms with Crippen LogP contribution >= 0.6 is 0 Å². The maximum absolute atomic E-state index is 11.9. The van der Waals surface area contributed by atoms with Crippen LogP contribution in [0.15, 0.2) is 0 Å². The first-order chi connectivity index (χ1) is 5.67. The predicted octanol–water partition coefficient (Wildman–Crippen LogP) is 1.95. The number of rotatable bonds is 3. The molecule has 2 nitrogen and oxygen atoms in total. The van der Waals surface area contributed by atoms with Gasteiger partial charge in [0.15, 0.2) is 0 Å². The summed E-state index contributed by atoms with van der Waals surface area (Å²) < 4.78 is 80.6. The van der Waals surface area contributed by atoms with Gasteiger partial charge in [-0.15, -0.1) is 0 Å². The molecule has 14 heavy (non-hydrogen) atoms. The molecule has 0 N–H and O–H groups in total. The molecule has 0 aliphatic rings. The van der Waals surface area contributed by atoms with Gasteiger partial charge in [-0.3, -0.25) is 0 Å². The van der Waals surface area contributed by atoms with E-state index in [-0.39, 0.29) is 22.4 Å². The Kier molecular flexibility index (Phi) is 5.76. The van der Waals surface area contributed by atoms with Crippen molar-refractivity contribution in [2.45, 2.75) is 18.3 Å². The first kappa shape index (κ1) is 16.2. The summed E-state index contributed by atoms with van der Waals surface area (Å²) in [6.45, 7) is 0. The van der Waals surface area contributed by atoms with Crippen molar-refractivity contribution in [3.8, 4) is 0 Å². The molecule has 0 saturated heterocycles. The summed E-state index contributed by atoms with van der Waals surface area (Å²) in [7, 11) is 0. The molecule has 0 aliphatic carbocycles. The van der Waals surface area contributed by atoms with Crippen LogP contribution in [-0.2, 0) is 32.1 Å². The summed E-state index contributed by atoms with van der Waals surface area (Å²) in [5, 5.41) is 0. The van der Waals surface area contributed by atoms with E-state index in [2.05, 4.69) is 0 Å². The third-order valence-electron chi connectivity index (χ3n) is 1.02. The van der Waals surface area contributed by atoms with Crippen molar-refractivity contribution in [2.75, 3.05) is 0 Å². The van der Waals surface area contributed by atoms with Crippen molar-refractivity contribution in [1.29, 1.82) is 0 Å². The number of alkyl halides is 6. The molecule has 0 aromatic rings. The van der Waals surface area contributed by atoms with E-state index in [1.807, 2.05) is 0 Å². The van der Waals surface area contributed by atoms with Crippen LogP contribution in [0.4, 0.5) is 30.9 Å². The number of halogens is 7. The average Bonchev–Trinajstić information content (AvgIpc) is 2.02. The quantitative estimate of drug-likeness (QED) is 0.586. The standard InChI is InChI=1S/C4HF7O2.Ag/c5-1(6)3(7,8)4(9,10)2(12)13-11;/h1H;. The van der Waals surface area contributed by atoms with E-state index in [9.17, 15) is 35.7 Å². The van der Waals surface area contributed by atoms with Crippen LogP contribution in [0.2, 0.25) is 0 Å². The minimum atomic E-state index is -5.96. The Morgan fingerprint density at radius 2 is 1.50 bits per heavy atom. The fourth-order valence-electron chi connectivity index (χ4n) is 0.322. The Hall–Kier alpha value is -0.280. The normalized spacial score (nSPS) is 12.3. The zero-order chi connectivity index (χ0) is 10.9. The number of hydrogen-bond acceptors (Lipinski definition) is 2. The number of hydrogen-bond donors (Lipinski definition) is 0. The molecule has 0 atom stereocenters. The summed E-state index contributed by atoms with van der Waals surface area (Å²) in [6.07, 6.45) is -4.80. The van der Waals surface area contributed by atoms with Gasteiger partial charge in [-0.2, -0.15) is 17.6 Å². The van der Waals surface area contributed by atoms with Crippen molar-refractivity contribution >= 4 is 5.97 Å². The van der Waals surface area contributed by atoms with Gasteiger partial charge in [0, 0.05) is 26.9 Å². The maximum atomic E-state index is 11.9. The molecule has 0 aromatic carbocycles. The molecule has 0 rings (SSSR count). The van der Waals surface area contributed by atoms with Crippen molar-refractivity contribution in [3.63, 3.8) is 0 Å². The van der Waals surface area contributed by atoms with Crippen LogP contribution in [0, 0.1) is 0 Å². The second-order valence-corrected chi connectivity index (χ2v) is 1.86. The van der Waals surface area contributed by atoms with E-state index in [4.69, 9.17) is 0 Å². The number of carbonyl (C=O) groups excluding carboxylic acids is 1. The van der Waals surface area contributed by atoms with Crippen LogP contribution in [0.1, 0.15) is 0 Å². The van der Waals surface area contributed by atoms with Gasteiger partial charge < -0.3 is 0 Å². The molecule has 0 bridgehead atoms. The minimum absolute atomic E-state index is 0. The molecular weight excluding hydrogens is 321 g/mol. The van der Waals surface area contributed by atoms with Crippen LogP contribution in [0.3, 0.4) is 0 Å². The van der Waals surface area contributed by atoms with Crippen LogP contribution < -0.4 is 0 Å². The Bertz CT molecular complexity index is 206. The maximum Gasteiger partial charge on any atom is 0.424 e. The van der Waals surface area contributed by atoms with Crippen LogP contribution in [-0.4, -0.2) is 24.2 Å². The molecule has 0 saturated carbocycles. The molecule has 0 amide bonds. The van der Waals surface area contributed by atoms with Gasteiger partial charge in [-0.05, 0) is 0 Å². The van der Waals surface area contributed by atoms with Crippen molar-refractivity contribution in [3.05, 3.63) is 0 Å². The van der Waals surface area contributed by atoms with E-state index in [1.165, 1.54) is 0 Å². The Labute approximate surface area is 87.8 Å². The van der Waals surface area contributed by atoms with Crippen LogP contribution in [0.25, 0.3) is 0 Å². The molecule has 1 radical (unpaired) electrons. The summed E-state index contributed by atoms with van der Waals surface area (Å²) in [5.74, 6) is -15.2.